The molecule has 0 bridgehead atoms. The molecule has 28 heavy (non-hydrogen) atoms. The van der Waals surface area contributed by atoms with Gasteiger partial charge in [-0.2, -0.15) is 0 Å². The average molecular weight is 374 g/mol. The summed E-state index contributed by atoms with van der Waals surface area (Å²) in [5.41, 5.74) is 5.30. The Morgan fingerprint density at radius 3 is 2.79 bits per heavy atom. The van der Waals surface area contributed by atoms with E-state index in [2.05, 4.69) is 40.6 Å². The normalized spacial score (nSPS) is 18.9. The molecule has 0 radical (unpaired) electrons. The lowest BCUT2D eigenvalue weighted by Crippen LogP contribution is -2.36. The van der Waals surface area contributed by atoms with E-state index in [1.807, 2.05) is 23.1 Å². The van der Waals surface area contributed by atoms with Crippen LogP contribution in [0.2, 0.25) is 0 Å². The van der Waals surface area contributed by atoms with E-state index in [1.54, 1.807) is 10.9 Å². The molecule has 0 N–H and O–H groups in total. The average Bonchev–Trinajstić information content (AvgIpc) is 3.45. The Morgan fingerprint density at radius 2 is 1.96 bits per heavy atom. The zero-order valence-electron chi connectivity index (χ0n) is 15.6. The van der Waals surface area contributed by atoms with Gasteiger partial charge in [-0.05, 0) is 41.2 Å². The van der Waals surface area contributed by atoms with E-state index in [0.717, 1.165) is 19.4 Å². The Balaban J connectivity index is 1.35. The van der Waals surface area contributed by atoms with Gasteiger partial charge in [-0.1, -0.05) is 47.7 Å². The first-order chi connectivity index (χ1) is 13.8. The van der Waals surface area contributed by atoms with Crippen molar-refractivity contribution in [3.05, 3.63) is 71.5 Å². The third kappa shape index (κ3) is 3.20. The van der Waals surface area contributed by atoms with Crippen molar-refractivity contribution in [2.75, 3.05) is 19.8 Å². The third-order valence-electron chi connectivity index (χ3n) is 5.62. The molecule has 0 spiro atoms. The fourth-order valence-corrected chi connectivity index (χ4v) is 3.99. The summed E-state index contributed by atoms with van der Waals surface area (Å²) in [7, 11) is 0. The topological polar surface area (TPSA) is 60.3 Å². The van der Waals surface area contributed by atoms with Crippen molar-refractivity contribution < 1.29 is 9.53 Å². The van der Waals surface area contributed by atoms with Crippen molar-refractivity contribution in [1.82, 2.24) is 19.9 Å². The highest BCUT2D eigenvalue weighted by Crippen LogP contribution is 2.27. The molecule has 1 fully saturated rings. The van der Waals surface area contributed by atoms with Crippen LogP contribution < -0.4 is 0 Å². The standard InChI is InChI=1S/C22H22N4O2/c27-22(21-14-26(24-23-21)20-9-11-28-15-20)25-10-8-17-6-7-18(12-19(17)13-25)16-4-2-1-3-5-16/h1-7,12,14,20H,8-11,13,15H2/t20-/m1/s1. The fourth-order valence-electron chi connectivity index (χ4n) is 3.99. The summed E-state index contributed by atoms with van der Waals surface area (Å²) in [5, 5.41) is 8.27. The Kier molecular flexibility index (Phi) is 4.41. The van der Waals surface area contributed by atoms with Crippen LogP contribution in [0.3, 0.4) is 0 Å². The van der Waals surface area contributed by atoms with E-state index in [9.17, 15) is 4.79 Å². The second kappa shape index (κ2) is 7.20. The van der Waals surface area contributed by atoms with E-state index in [0.29, 0.717) is 25.4 Å². The van der Waals surface area contributed by atoms with Crippen molar-refractivity contribution >= 4 is 5.91 Å². The maximum atomic E-state index is 13.0. The highest BCUT2D eigenvalue weighted by Gasteiger charge is 2.26. The van der Waals surface area contributed by atoms with Gasteiger partial charge in [0.05, 0.1) is 18.8 Å². The summed E-state index contributed by atoms with van der Waals surface area (Å²) in [6.45, 7) is 2.68. The molecule has 0 aliphatic carbocycles. The van der Waals surface area contributed by atoms with Crippen molar-refractivity contribution in [2.24, 2.45) is 0 Å². The molecule has 3 heterocycles. The van der Waals surface area contributed by atoms with Crippen molar-refractivity contribution in [1.29, 1.82) is 0 Å². The highest BCUT2D eigenvalue weighted by molar-refractivity contribution is 5.92. The van der Waals surface area contributed by atoms with Gasteiger partial charge in [-0.3, -0.25) is 4.79 Å². The summed E-state index contributed by atoms with van der Waals surface area (Å²) in [5.74, 6) is -0.0547. The van der Waals surface area contributed by atoms with Crippen LogP contribution in [0, 0.1) is 0 Å². The summed E-state index contributed by atoms with van der Waals surface area (Å²) in [4.78, 5) is 14.8. The zero-order valence-corrected chi connectivity index (χ0v) is 15.6. The van der Waals surface area contributed by atoms with Gasteiger partial charge in [-0.25, -0.2) is 4.68 Å². The van der Waals surface area contributed by atoms with Crippen molar-refractivity contribution in [3.63, 3.8) is 0 Å². The number of rotatable bonds is 3. The molecular formula is C22H22N4O2. The molecule has 2 aliphatic heterocycles. The maximum absolute atomic E-state index is 13.0. The van der Waals surface area contributed by atoms with Crippen molar-refractivity contribution in [3.8, 4) is 11.1 Å². The van der Waals surface area contributed by atoms with Gasteiger partial charge in [0.2, 0.25) is 0 Å². The van der Waals surface area contributed by atoms with E-state index >= 15 is 0 Å². The minimum atomic E-state index is -0.0547. The highest BCUT2D eigenvalue weighted by atomic mass is 16.5. The second-order valence-electron chi connectivity index (χ2n) is 7.43. The molecule has 6 nitrogen and oxygen atoms in total. The predicted octanol–water partition coefficient (Wildman–Crippen LogP) is 3.11. The smallest absolute Gasteiger partial charge is 0.276 e. The number of benzene rings is 2. The first kappa shape index (κ1) is 17.1. The Bertz CT molecular complexity index is 993. The lowest BCUT2D eigenvalue weighted by atomic mass is 9.94. The predicted molar refractivity (Wildman–Crippen MR) is 105 cm³/mol. The molecule has 1 saturated heterocycles. The quantitative estimate of drug-likeness (QED) is 0.707. The fraction of sp³-hybridized carbons (Fsp3) is 0.318. The van der Waals surface area contributed by atoms with E-state index < -0.39 is 0 Å². The molecule has 2 aromatic carbocycles. The lowest BCUT2D eigenvalue weighted by molar-refractivity contribution is 0.0728. The SMILES string of the molecule is O=C(c1cn([C@@H]2CCOC2)nn1)N1CCc2ccc(-c3ccccc3)cc2C1. The van der Waals surface area contributed by atoms with Crippen LogP contribution in [0.1, 0.15) is 34.1 Å². The summed E-state index contributed by atoms with van der Waals surface area (Å²) < 4.78 is 7.17. The van der Waals surface area contributed by atoms with Gasteiger partial charge < -0.3 is 9.64 Å². The molecule has 2 aliphatic rings. The number of hydrogen-bond acceptors (Lipinski definition) is 4. The molecule has 1 atom stereocenters. The van der Waals surface area contributed by atoms with Crippen LogP contribution in [0.25, 0.3) is 11.1 Å². The van der Waals surface area contributed by atoms with Gasteiger partial charge >= 0.3 is 0 Å². The van der Waals surface area contributed by atoms with Crippen molar-refractivity contribution in [2.45, 2.75) is 25.4 Å². The third-order valence-corrected chi connectivity index (χ3v) is 5.62. The van der Waals surface area contributed by atoms with Gasteiger partial charge in [0.1, 0.15) is 0 Å². The molecule has 0 unspecified atom stereocenters. The van der Waals surface area contributed by atoms with Crippen LogP contribution in [0.5, 0.6) is 0 Å². The minimum Gasteiger partial charge on any atom is -0.379 e. The molecular weight excluding hydrogens is 352 g/mol. The van der Waals surface area contributed by atoms with Gasteiger partial charge in [0.25, 0.3) is 5.91 Å². The Labute approximate surface area is 163 Å². The largest absolute Gasteiger partial charge is 0.379 e. The number of carbonyl (C=O) groups excluding carboxylic acids is 1. The monoisotopic (exact) mass is 374 g/mol. The van der Waals surface area contributed by atoms with Crippen LogP contribution >= 0.6 is 0 Å². The minimum absolute atomic E-state index is 0.0547. The van der Waals surface area contributed by atoms with Gasteiger partial charge in [0.15, 0.2) is 5.69 Å². The van der Waals surface area contributed by atoms with E-state index in [1.165, 1.54) is 22.3 Å². The number of nitrogens with zero attached hydrogens (tertiary/aromatic N) is 4. The summed E-state index contributed by atoms with van der Waals surface area (Å²) in [6.07, 6.45) is 3.54. The summed E-state index contributed by atoms with van der Waals surface area (Å²) in [6, 6.07) is 17.1. The number of carbonyl (C=O) groups is 1. The zero-order chi connectivity index (χ0) is 18.9. The number of hydrogen-bond donors (Lipinski definition) is 0. The van der Waals surface area contributed by atoms with E-state index in [-0.39, 0.29) is 11.9 Å². The molecule has 5 rings (SSSR count). The van der Waals surface area contributed by atoms with Crippen LogP contribution in [-0.4, -0.2) is 45.6 Å². The maximum Gasteiger partial charge on any atom is 0.276 e. The molecule has 6 heteroatoms. The first-order valence-corrected chi connectivity index (χ1v) is 9.74. The molecule has 3 aromatic rings. The van der Waals surface area contributed by atoms with Crippen LogP contribution in [0.15, 0.2) is 54.7 Å². The van der Waals surface area contributed by atoms with Crippen LogP contribution in [0.4, 0.5) is 0 Å². The van der Waals surface area contributed by atoms with Gasteiger partial charge in [-0.15, -0.1) is 5.10 Å². The first-order valence-electron chi connectivity index (χ1n) is 9.74. The molecule has 0 saturated carbocycles. The summed E-state index contributed by atoms with van der Waals surface area (Å²) >= 11 is 0. The molecule has 1 amide bonds. The van der Waals surface area contributed by atoms with Gasteiger partial charge in [0, 0.05) is 19.7 Å². The second-order valence-corrected chi connectivity index (χ2v) is 7.43. The Morgan fingerprint density at radius 1 is 1.07 bits per heavy atom. The molecule has 142 valence electrons. The molecule has 1 aromatic heterocycles. The lowest BCUT2D eigenvalue weighted by Gasteiger charge is -2.28. The number of amides is 1. The number of aromatic nitrogens is 3. The number of ether oxygens (including phenoxy) is 1. The number of fused-ring (bicyclic) bond motifs is 1. The Hall–Kier alpha value is -2.99. The van der Waals surface area contributed by atoms with E-state index in [4.69, 9.17) is 4.74 Å². The van der Waals surface area contributed by atoms with Crippen LogP contribution in [-0.2, 0) is 17.7 Å².